The van der Waals surface area contributed by atoms with Gasteiger partial charge in [0.25, 0.3) is 0 Å². The Balaban J connectivity index is 0.000000396. The molecule has 0 amide bonds. The van der Waals surface area contributed by atoms with Crippen molar-refractivity contribution in [3.05, 3.63) is 84.0 Å². The van der Waals surface area contributed by atoms with E-state index in [1.54, 1.807) is 25.3 Å². The summed E-state index contributed by atoms with van der Waals surface area (Å²) in [6.45, 7) is 27.5. The predicted molar refractivity (Wildman–Crippen MR) is 188 cm³/mol. The molecule has 8 nitrogen and oxygen atoms in total. The number of allylic oxidation sites excluding steroid dienone is 7. The summed E-state index contributed by atoms with van der Waals surface area (Å²) in [5.41, 5.74) is 8.68. The first-order chi connectivity index (χ1) is 20.8. The second kappa shape index (κ2) is 16.8. The number of nitrogens with zero attached hydrogens (tertiary/aromatic N) is 1. The van der Waals surface area contributed by atoms with Crippen molar-refractivity contribution in [2.24, 2.45) is 0 Å². The van der Waals surface area contributed by atoms with Gasteiger partial charge in [-0.1, -0.05) is 43.0 Å². The van der Waals surface area contributed by atoms with E-state index in [0.717, 1.165) is 34.1 Å². The van der Waals surface area contributed by atoms with Crippen molar-refractivity contribution in [2.45, 2.75) is 112 Å². The summed E-state index contributed by atoms with van der Waals surface area (Å²) in [5.74, 6) is 0. The second-order valence-corrected chi connectivity index (χ2v) is 13.0. The summed E-state index contributed by atoms with van der Waals surface area (Å²) in [5, 5.41) is 12.2. The lowest BCUT2D eigenvalue weighted by Crippen LogP contribution is -2.41. The molecular formula is C35H53B2N3O5. The molecule has 45 heavy (non-hydrogen) atoms. The number of carbonyl (C=O) groups is 1. The van der Waals surface area contributed by atoms with Gasteiger partial charge in [-0.05, 0) is 130 Å². The number of anilines is 1. The van der Waals surface area contributed by atoms with Crippen LogP contribution in [0, 0.1) is 11.3 Å². The monoisotopic (exact) mass is 617 g/mol. The lowest BCUT2D eigenvalue weighted by Gasteiger charge is -2.32. The van der Waals surface area contributed by atoms with Gasteiger partial charge in [0, 0.05) is 5.69 Å². The van der Waals surface area contributed by atoms with E-state index in [4.69, 9.17) is 29.6 Å². The van der Waals surface area contributed by atoms with E-state index < -0.39 is 7.12 Å². The average Bonchev–Trinajstić information content (AvgIpc) is 3.34. The lowest BCUT2D eigenvalue weighted by atomic mass is 9.78. The van der Waals surface area contributed by atoms with Crippen LogP contribution in [0.2, 0.25) is 0 Å². The first kappa shape index (κ1) is 39.7. The van der Waals surface area contributed by atoms with E-state index >= 15 is 0 Å². The van der Waals surface area contributed by atoms with Gasteiger partial charge in [-0.15, -0.1) is 0 Å². The summed E-state index contributed by atoms with van der Waals surface area (Å²) in [7, 11) is -0.739. The molecule has 0 aromatic heterocycles. The largest absolute Gasteiger partial charge is 0.494 e. The van der Waals surface area contributed by atoms with Gasteiger partial charge < -0.3 is 29.7 Å². The minimum atomic E-state index is -0.439. The zero-order valence-electron chi connectivity index (χ0n) is 29.4. The number of hydrogen-bond donors (Lipinski definition) is 2. The summed E-state index contributed by atoms with van der Waals surface area (Å²) in [4.78, 5) is 9.67. The van der Waals surface area contributed by atoms with Crippen LogP contribution in [0.3, 0.4) is 0 Å². The molecule has 2 saturated heterocycles. The fourth-order valence-electron chi connectivity index (χ4n) is 3.67. The first-order valence-corrected chi connectivity index (χ1v) is 15.2. The van der Waals surface area contributed by atoms with Crippen LogP contribution in [0.4, 0.5) is 5.69 Å². The number of carbonyl (C=O) groups excluding carboxylic acids is 1. The number of benzene rings is 1. The van der Waals surface area contributed by atoms with E-state index in [1.165, 1.54) is 0 Å². The molecule has 3 N–H and O–H groups in total. The van der Waals surface area contributed by atoms with Gasteiger partial charge in [0.2, 0.25) is 0 Å². The molecule has 244 valence electrons. The van der Waals surface area contributed by atoms with Crippen LogP contribution in [0.25, 0.3) is 0 Å². The molecule has 2 aliphatic rings. The Morgan fingerprint density at radius 2 is 1.40 bits per heavy atom. The Labute approximate surface area is 272 Å². The summed E-state index contributed by atoms with van der Waals surface area (Å²) < 4.78 is 23.8. The fourth-order valence-corrected chi connectivity index (χ4v) is 3.67. The smallest absolute Gasteiger partial charge is 0.399 e. The van der Waals surface area contributed by atoms with Gasteiger partial charge in [-0.25, -0.2) is 0 Å². The summed E-state index contributed by atoms with van der Waals surface area (Å²) >= 11 is 0. The van der Waals surface area contributed by atoms with Crippen molar-refractivity contribution in [3.63, 3.8) is 0 Å². The van der Waals surface area contributed by atoms with E-state index in [1.807, 2.05) is 119 Å². The highest BCUT2D eigenvalue weighted by Crippen LogP contribution is 2.39. The topological polar surface area (TPSA) is 116 Å². The van der Waals surface area contributed by atoms with Crippen LogP contribution in [-0.2, 0) is 23.4 Å². The van der Waals surface area contributed by atoms with Gasteiger partial charge in [0.1, 0.15) is 12.3 Å². The third kappa shape index (κ3) is 11.2. The highest BCUT2D eigenvalue weighted by molar-refractivity contribution is 6.62. The minimum absolute atomic E-state index is 0.293. The lowest BCUT2D eigenvalue weighted by molar-refractivity contribution is -0.104. The van der Waals surface area contributed by atoms with E-state index in [9.17, 15) is 4.79 Å². The molecule has 10 heteroatoms. The molecule has 3 rings (SSSR count). The first-order valence-electron chi connectivity index (χ1n) is 15.2. The number of hydrogen-bond acceptors (Lipinski definition) is 8. The SMILES string of the molecule is C/C=C(\C)C=O.C=C/C(=C\C=C\NC(C#N)/C(C)=C/C)B1OC(C)(C)C(C)(C)O1.CC1(C)OB(c2ccc(N)cc2)OC1(C)C. The Hall–Kier alpha value is -3.35. The fraction of sp³-hybridized carbons (Fsp3) is 0.486. The van der Waals surface area contributed by atoms with Crippen LogP contribution in [-0.4, -0.2) is 49.0 Å². The number of nitrogen functional groups attached to an aromatic ring is 1. The van der Waals surface area contributed by atoms with Crippen molar-refractivity contribution < 1.29 is 23.4 Å². The quantitative estimate of drug-likeness (QED) is 0.0859. The number of aldehydes is 1. The molecule has 1 unspecified atom stereocenters. The van der Waals surface area contributed by atoms with Crippen molar-refractivity contribution in [1.82, 2.24) is 5.32 Å². The maximum Gasteiger partial charge on any atom is 0.494 e. The van der Waals surface area contributed by atoms with Crippen molar-refractivity contribution in [3.8, 4) is 6.07 Å². The molecule has 0 bridgehead atoms. The van der Waals surface area contributed by atoms with Gasteiger partial charge in [-0.3, -0.25) is 4.79 Å². The molecule has 0 radical (unpaired) electrons. The molecule has 0 spiro atoms. The Bertz CT molecular complexity index is 1270. The predicted octanol–water partition coefficient (Wildman–Crippen LogP) is 6.41. The third-order valence-corrected chi connectivity index (χ3v) is 8.55. The molecule has 1 aromatic carbocycles. The molecule has 0 saturated carbocycles. The van der Waals surface area contributed by atoms with Crippen molar-refractivity contribution >= 4 is 31.7 Å². The van der Waals surface area contributed by atoms with Crippen LogP contribution in [0.5, 0.6) is 0 Å². The molecule has 1 aromatic rings. The minimum Gasteiger partial charge on any atom is -0.399 e. The van der Waals surface area contributed by atoms with Gasteiger partial charge in [0.05, 0.1) is 28.5 Å². The highest BCUT2D eigenvalue weighted by atomic mass is 16.7. The Morgan fingerprint density at radius 3 is 1.78 bits per heavy atom. The van der Waals surface area contributed by atoms with E-state index in [-0.39, 0.29) is 35.6 Å². The van der Waals surface area contributed by atoms with Gasteiger partial charge in [0.15, 0.2) is 0 Å². The number of nitrogens with one attached hydrogen (secondary N) is 1. The molecule has 2 aliphatic heterocycles. The second-order valence-electron chi connectivity index (χ2n) is 13.0. The summed E-state index contributed by atoms with van der Waals surface area (Å²) in [6, 6.07) is 9.49. The van der Waals surface area contributed by atoms with Crippen LogP contribution in [0.15, 0.2) is 84.0 Å². The zero-order chi connectivity index (χ0) is 34.6. The highest BCUT2D eigenvalue weighted by Gasteiger charge is 2.52. The molecule has 1 atom stereocenters. The third-order valence-electron chi connectivity index (χ3n) is 8.55. The maximum absolute atomic E-state index is 9.67. The summed E-state index contributed by atoms with van der Waals surface area (Å²) in [6.07, 6.45) is 11.7. The molecule has 2 fully saturated rings. The standard InChI is InChI=1S/C18H27BN2O2.C12H18BNO2.C5H8O/c1-8-14(3)16(13-20)21-12-10-11-15(9-2)19-22-17(4,5)18(6,7)23-19;1-11(2)12(3,4)16-13(15-11)9-5-7-10(14)8-6-9;1-3-5(2)4-6/h8-12,16,21H,2H2,1,3-7H3;5-8H,14H2,1-4H3;3-4H,1-2H3/b12-10+,14-8+,15-11+;;5-3+. The number of nitriles is 1. The Kier molecular flexibility index (Phi) is 14.8. The van der Waals surface area contributed by atoms with Crippen molar-refractivity contribution in [1.29, 1.82) is 5.26 Å². The molecule has 2 heterocycles. The van der Waals surface area contributed by atoms with E-state index in [2.05, 4.69) is 18.0 Å². The van der Waals surface area contributed by atoms with Crippen LogP contribution in [0.1, 0.15) is 83.1 Å². The average molecular weight is 617 g/mol. The Morgan fingerprint density at radius 1 is 0.911 bits per heavy atom. The molecular weight excluding hydrogens is 564 g/mol. The number of rotatable bonds is 8. The zero-order valence-corrected chi connectivity index (χ0v) is 29.4. The normalized spacial score (nSPS) is 20.7. The molecule has 0 aliphatic carbocycles. The van der Waals surface area contributed by atoms with Crippen LogP contribution < -0.4 is 16.5 Å². The van der Waals surface area contributed by atoms with Gasteiger partial charge >= 0.3 is 14.2 Å². The van der Waals surface area contributed by atoms with Crippen LogP contribution >= 0.6 is 0 Å². The van der Waals surface area contributed by atoms with E-state index in [0.29, 0.717) is 0 Å². The van der Waals surface area contributed by atoms with Crippen molar-refractivity contribution in [2.75, 3.05) is 5.73 Å². The maximum atomic E-state index is 9.67. The van der Waals surface area contributed by atoms with Gasteiger partial charge in [-0.2, -0.15) is 5.26 Å². The number of nitrogens with two attached hydrogens (primary N) is 1.